The summed E-state index contributed by atoms with van der Waals surface area (Å²) in [6.45, 7) is 2.21. The Kier molecular flexibility index (Phi) is 4.66. The molecule has 112 valence electrons. The molecule has 3 rings (SSSR count). The number of aromatic nitrogens is 2. The van der Waals surface area contributed by atoms with Crippen molar-refractivity contribution in [2.24, 2.45) is 0 Å². The second-order valence-electron chi connectivity index (χ2n) is 4.80. The Morgan fingerprint density at radius 1 is 1.38 bits per heavy atom. The fraction of sp³-hybridized carbons (Fsp3) is 0.429. The van der Waals surface area contributed by atoms with Crippen LogP contribution in [0.15, 0.2) is 22.7 Å². The zero-order chi connectivity index (χ0) is 14.8. The summed E-state index contributed by atoms with van der Waals surface area (Å²) in [6.07, 6.45) is 1.11. The van der Waals surface area contributed by atoms with E-state index in [4.69, 9.17) is 21.9 Å². The maximum atomic E-state index is 6.04. The Bertz CT molecular complexity index is 634. The summed E-state index contributed by atoms with van der Waals surface area (Å²) in [7, 11) is 0. The molecule has 0 radical (unpaired) electrons. The molecule has 7 heteroatoms. The van der Waals surface area contributed by atoms with Crippen molar-refractivity contribution in [2.75, 3.05) is 17.2 Å². The number of thioether (sulfide) groups is 2. The Hall–Kier alpha value is -0.850. The number of hydrogen-bond acceptors (Lipinski definition) is 6. The third-order valence-electron chi connectivity index (χ3n) is 3.40. The minimum Gasteiger partial charge on any atom is -0.398 e. The molecular weight excluding hydrogens is 326 g/mol. The number of nitrogen functional groups attached to an aromatic ring is 1. The molecule has 2 heterocycles. The summed E-state index contributed by atoms with van der Waals surface area (Å²) in [4.78, 5) is 4.56. The number of rotatable bonds is 3. The molecule has 2 N–H and O–H groups in total. The van der Waals surface area contributed by atoms with Crippen LogP contribution in [0.3, 0.4) is 0 Å². The van der Waals surface area contributed by atoms with E-state index in [1.54, 1.807) is 12.1 Å². The van der Waals surface area contributed by atoms with Crippen molar-refractivity contribution in [2.45, 2.75) is 23.8 Å². The van der Waals surface area contributed by atoms with Gasteiger partial charge in [-0.3, -0.25) is 0 Å². The number of nitrogens with two attached hydrogens (primary N) is 1. The van der Waals surface area contributed by atoms with Crippen molar-refractivity contribution >= 4 is 40.8 Å². The first-order valence-corrected chi connectivity index (χ1v) is 9.28. The van der Waals surface area contributed by atoms with Gasteiger partial charge in [-0.15, -0.1) is 11.8 Å². The van der Waals surface area contributed by atoms with Crippen molar-refractivity contribution in [3.8, 4) is 11.5 Å². The molecule has 1 aliphatic rings. The molecule has 4 nitrogen and oxygen atoms in total. The lowest BCUT2D eigenvalue weighted by Gasteiger charge is -2.27. The van der Waals surface area contributed by atoms with Gasteiger partial charge in [-0.2, -0.15) is 16.7 Å². The molecule has 1 aromatic carbocycles. The van der Waals surface area contributed by atoms with Crippen LogP contribution in [0.1, 0.15) is 24.4 Å². The molecular formula is C14H16ClN3OS2. The second kappa shape index (κ2) is 6.50. The molecule has 0 aliphatic carbocycles. The van der Waals surface area contributed by atoms with Crippen LogP contribution >= 0.6 is 35.1 Å². The molecule has 1 saturated heterocycles. The first-order valence-electron chi connectivity index (χ1n) is 6.81. The van der Waals surface area contributed by atoms with Gasteiger partial charge in [-0.05, 0) is 24.6 Å². The number of nitrogens with zero attached hydrogens (tertiary/aromatic N) is 2. The van der Waals surface area contributed by atoms with E-state index in [0.29, 0.717) is 27.1 Å². The predicted molar refractivity (Wildman–Crippen MR) is 90.9 cm³/mol. The van der Waals surface area contributed by atoms with Crippen LogP contribution in [0.5, 0.6) is 0 Å². The van der Waals surface area contributed by atoms with Crippen LogP contribution < -0.4 is 5.73 Å². The lowest BCUT2D eigenvalue weighted by Crippen LogP contribution is -2.19. The highest BCUT2D eigenvalue weighted by molar-refractivity contribution is 8.06. The van der Waals surface area contributed by atoms with Crippen molar-refractivity contribution < 1.29 is 4.52 Å². The third kappa shape index (κ3) is 3.17. The summed E-state index contributed by atoms with van der Waals surface area (Å²) in [6, 6.07) is 5.36. The Morgan fingerprint density at radius 3 is 2.95 bits per heavy atom. The van der Waals surface area contributed by atoms with Crippen molar-refractivity contribution in [1.82, 2.24) is 10.1 Å². The molecule has 0 spiro atoms. The van der Waals surface area contributed by atoms with Crippen LogP contribution in [0.25, 0.3) is 11.5 Å². The fourth-order valence-electron chi connectivity index (χ4n) is 2.27. The summed E-state index contributed by atoms with van der Waals surface area (Å²) >= 11 is 9.95. The maximum Gasteiger partial charge on any atom is 0.258 e. The van der Waals surface area contributed by atoms with Gasteiger partial charge >= 0.3 is 0 Å². The van der Waals surface area contributed by atoms with E-state index in [1.165, 1.54) is 5.75 Å². The number of halogens is 1. The predicted octanol–water partition coefficient (Wildman–Crippen LogP) is 4.27. The van der Waals surface area contributed by atoms with Gasteiger partial charge in [0.15, 0.2) is 5.82 Å². The second-order valence-corrected chi connectivity index (χ2v) is 7.81. The standard InChI is InChI=1S/C14H16ClN3OS2/c1-2-11-12(21-6-5-20-11)13-17-14(19-18-13)8-3-4-10(16)9(15)7-8/h3-4,7,11-12H,2,5-6,16H2,1H3. The molecule has 0 saturated carbocycles. The quantitative estimate of drug-likeness (QED) is 0.841. The van der Waals surface area contributed by atoms with Crippen molar-refractivity contribution in [1.29, 1.82) is 0 Å². The monoisotopic (exact) mass is 341 g/mol. The molecule has 2 aromatic rings. The van der Waals surface area contributed by atoms with Gasteiger partial charge in [0.05, 0.1) is 16.0 Å². The fourth-order valence-corrected chi connectivity index (χ4v) is 5.43. The largest absolute Gasteiger partial charge is 0.398 e. The Balaban J connectivity index is 1.86. The SMILES string of the molecule is CCC1SCCSC1c1noc(-c2ccc(N)c(Cl)c2)n1. The average molecular weight is 342 g/mol. The van der Waals surface area contributed by atoms with Crippen LogP contribution in [0.4, 0.5) is 5.69 Å². The first-order chi connectivity index (χ1) is 10.2. The van der Waals surface area contributed by atoms with E-state index in [1.807, 2.05) is 29.6 Å². The van der Waals surface area contributed by atoms with Gasteiger partial charge in [0.1, 0.15) is 0 Å². The maximum absolute atomic E-state index is 6.04. The van der Waals surface area contributed by atoms with Crippen LogP contribution in [-0.2, 0) is 0 Å². The van der Waals surface area contributed by atoms with E-state index in [0.717, 1.165) is 23.6 Å². The first kappa shape index (κ1) is 15.1. The summed E-state index contributed by atoms with van der Waals surface area (Å²) in [5, 5.41) is 5.52. The van der Waals surface area contributed by atoms with Gasteiger partial charge < -0.3 is 10.3 Å². The summed E-state index contributed by atoms with van der Waals surface area (Å²) in [5.41, 5.74) is 7.07. The van der Waals surface area contributed by atoms with E-state index >= 15 is 0 Å². The van der Waals surface area contributed by atoms with Gasteiger partial charge in [-0.1, -0.05) is 23.7 Å². The zero-order valence-electron chi connectivity index (χ0n) is 11.6. The molecule has 0 bridgehead atoms. The third-order valence-corrected chi connectivity index (χ3v) is 6.97. The minimum atomic E-state index is 0.301. The molecule has 1 aromatic heterocycles. The smallest absolute Gasteiger partial charge is 0.258 e. The minimum absolute atomic E-state index is 0.301. The topological polar surface area (TPSA) is 64.9 Å². The molecule has 2 unspecified atom stereocenters. The normalized spacial score (nSPS) is 22.4. The van der Waals surface area contributed by atoms with E-state index in [2.05, 4.69) is 17.1 Å². The molecule has 1 fully saturated rings. The Labute approximate surface area is 137 Å². The number of benzene rings is 1. The van der Waals surface area contributed by atoms with Crippen molar-refractivity contribution in [3.63, 3.8) is 0 Å². The lowest BCUT2D eigenvalue weighted by molar-refractivity contribution is 0.421. The van der Waals surface area contributed by atoms with E-state index in [-0.39, 0.29) is 0 Å². The highest BCUT2D eigenvalue weighted by Gasteiger charge is 2.30. The lowest BCUT2D eigenvalue weighted by atomic mass is 10.2. The van der Waals surface area contributed by atoms with Crippen LogP contribution in [0, 0.1) is 0 Å². The van der Waals surface area contributed by atoms with E-state index in [9.17, 15) is 0 Å². The highest BCUT2D eigenvalue weighted by atomic mass is 35.5. The van der Waals surface area contributed by atoms with Gasteiger partial charge in [-0.25, -0.2) is 0 Å². The van der Waals surface area contributed by atoms with Crippen molar-refractivity contribution in [3.05, 3.63) is 29.0 Å². The summed E-state index contributed by atoms with van der Waals surface area (Å²) < 4.78 is 5.41. The summed E-state index contributed by atoms with van der Waals surface area (Å²) in [5.74, 6) is 3.60. The average Bonchev–Trinajstić information content (AvgIpc) is 2.99. The highest BCUT2D eigenvalue weighted by Crippen LogP contribution is 2.43. The van der Waals surface area contributed by atoms with Gasteiger partial charge in [0.2, 0.25) is 0 Å². The Morgan fingerprint density at radius 2 is 2.19 bits per heavy atom. The molecule has 21 heavy (non-hydrogen) atoms. The van der Waals surface area contributed by atoms with Gasteiger partial charge in [0.25, 0.3) is 5.89 Å². The molecule has 1 aliphatic heterocycles. The van der Waals surface area contributed by atoms with Gasteiger partial charge in [0, 0.05) is 22.3 Å². The number of anilines is 1. The van der Waals surface area contributed by atoms with Crippen LogP contribution in [0.2, 0.25) is 5.02 Å². The number of hydrogen-bond donors (Lipinski definition) is 1. The van der Waals surface area contributed by atoms with Crippen LogP contribution in [-0.4, -0.2) is 26.9 Å². The zero-order valence-corrected chi connectivity index (χ0v) is 14.0. The van der Waals surface area contributed by atoms with E-state index < -0.39 is 0 Å². The molecule has 2 atom stereocenters. The molecule has 0 amide bonds.